The van der Waals surface area contributed by atoms with E-state index in [1.54, 1.807) is 37.4 Å². The van der Waals surface area contributed by atoms with E-state index in [9.17, 15) is 25.1 Å². The lowest BCUT2D eigenvalue weighted by atomic mass is 9.92. The standard InChI is InChI=1S/C63H63F4N11O7S/c1-33(2)55(61(82)77-28-42(80)23-51(77)59(81)71-50(30-79)39-17-15-37(16-18-39)43-10-8-7-9-34(43)3)78-29-49(74-75-78)38-13-11-36(12-14-38)32-84-56-53(44-21-22-48(64)57-52(44)46(25-68)60(69-5)86-57)47(63(65,66)67)24-45-54(56)72-62(85-31-35(4)83-6)73-58(45)76-26-40-19-20-41(27-76)70-40/h7-18,21-22,24,29,33,35,40-42,50-51,55,70,79-80H,5,19-20,23,26-28,30-32H2,1-4,6H3,(H,71,81)/t35-,40?,41?,42+,50-,51-,55-/m0/s1. The fourth-order valence-electron chi connectivity index (χ4n) is 11.9. The van der Waals surface area contributed by atoms with Gasteiger partial charge < -0.3 is 44.9 Å². The van der Waals surface area contributed by atoms with E-state index in [1.165, 1.54) is 22.8 Å². The summed E-state index contributed by atoms with van der Waals surface area (Å²) in [6.07, 6.45) is -3.12. The summed E-state index contributed by atoms with van der Waals surface area (Å²) in [5.41, 5.74) is 3.28. The number of nitrogens with one attached hydrogen (secondary N) is 2. The SMILES string of the molecule is C=Nc1sc2c(F)ccc(-c3c(C(F)(F)F)cc4c(N5CC6CCC(C5)N6)nc(OC[C@H](C)OC)nc4c3OCc3ccc(-c4cn([C@H](C(=O)N5C[C@H](O)C[C@H]5C(=O)N[C@@H](CO)c5ccc(-c6ccccc6C)cc5)C(C)C)nn4)cc3)c2c1C#N. The number of hydrogen-bond donors (Lipinski definition) is 4. The van der Waals surface area contributed by atoms with Gasteiger partial charge in [0.15, 0.2) is 5.75 Å². The molecule has 4 N–H and O–H groups in total. The second kappa shape index (κ2) is 24.5. The normalized spacial score (nSPS) is 18.8. The Balaban J connectivity index is 0.900. The number of amides is 2. The number of thiophene rings is 1. The molecule has 5 aromatic carbocycles. The molecule has 3 aliphatic heterocycles. The summed E-state index contributed by atoms with van der Waals surface area (Å²) in [4.78, 5) is 45.4. The molecule has 2 bridgehead atoms. The average Bonchev–Trinajstić information content (AvgIpc) is 1.44. The van der Waals surface area contributed by atoms with Crippen LogP contribution in [0.5, 0.6) is 11.8 Å². The lowest BCUT2D eigenvalue weighted by Gasteiger charge is -2.34. The number of aromatic nitrogens is 5. The monoisotopic (exact) mass is 1190 g/mol. The Kier molecular flexibility index (Phi) is 16.9. The minimum absolute atomic E-state index is 0.00366. The molecule has 86 heavy (non-hydrogen) atoms. The van der Waals surface area contributed by atoms with Crippen LogP contribution in [0, 0.1) is 30.0 Å². The van der Waals surface area contributed by atoms with Crippen molar-refractivity contribution in [1.29, 1.82) is 5.26 Å². The van der Waals surface area contributed by atoms with Crippen LogP contribution in [-0.4, -0.2) is 129 Å². The first-order valence-corrected chi connectivity index (χ1v) is 29.1. The lowest BCUT2D eigenvalue weighted by Crippen LogP contribution is -2.51. The lowest BCUT2D eigenvalue weighted by molar-refractivity contribution is -0.142. The van der Waals surface area contributed by atoms with Gasteiger partial charge in [0, 0.05) is 67.1 Å². The van der Waals surface area contributed by atoms with Crippen LogP contribution < -0.4 is 25.0 Å². The van der Waals surface area contributed by atoms with Crippen LogP contribution in [0.1, 0.15) is 79.9 Å². The topological polar surface area (TPSA) is 225 Å². The van der Waals surface area contributed by atoms with Crippen molar-refractivity contribution in [3.8, 4) is 51.3 Å². The van der Waals surface area contributed by atoms with Crippen LogP contribution in [0.25, 0.3) is 54.5 Å². The summed E-state index contributed by atoms with van der Waals surface area (Å²) in [7, 11) is 1.51. The fourth-order valence-corrected chi connectivity index (χ4v) is 12.9. The van der Waals surface area contributed by atoms with Crippen LogP contribution in [0.3, 0.4) is 0 Å². The number of aliphatic hydroxyl groups excluding tert-OH is 2. The zero-order valence-corrected chi connectivity index (χ0v) is 48.6. The number of methoxy groups -OCH3 is 1. The molecule has 8 aromatic rings. The van der Waals surface area contributed by atoms with Gasteiger partial charge in [-0.05, 0) is 84.8 Å². The van der Waals surface area contributed by atoms with Crippen molar-refractivity contribution in [1.82, 2.24) is 40.5 Å². The van der Waals surface area contributed by atoms with Gasteiger partial charge >= 0.3 is 12.2 Å². The summed E-state index contributed by atoms with van der Waals surface area (Å²) in [5.74, 6) is -2.25. The first kappa shape index (κ1) is 59.3. The molecule has 0 saturated carbocycles. The molecule has 0 aliphatic carbocycles. The predicted octanol–water partition coefficient (Wildman–Crippen LogP) is 10.0. The van der Waals surface area contributed by atoms with Crippen LogP contribution in [0.2, 0.25) is 0 Å². The second-order valence-corrected chi connectivity index (χ2v) is 23.4. The number of nitrogens with zero attached hydrogens (tertiary/aromatic N) is 9. The number of alkyl halides is 3. The molecule has 3 saturated heterocycles. The third kappa shape index (κ3) is 11.7. The Hall–Kier alpha value is -8.40. The highest BCUT2D eigenvalue weighted by Crippen LogP contribution is 2.52. The van der Waals surface area contributed by atoms with Gasteiger partial charge in [0.1, 0.15) is 59.2 Å². The zero-order valence-electron chi connectivity index (χ0n) is 47.8. The van der Waals surface area contributed by atoms with Crippen molar-refractivity contribution in [3.05, 3.63) is 131 Å². The van der Waals surface area contributed by atoms with E-state index < -0.39 is 71.9 Å². The second-order valence-electron chi connectivity index (χ2n) is 22.4. The van der Waals surface area contributed by atoms with Crippen LogP contribution in [-0.2, 0) is 27.1 Å². The van der Waals surface area contributed by atoms with Gasteiger partial charge in [-0.1, -0.05) is 97.9 Å². The number of aliphatic hydroxyl groups is 2. The minimum Gasteiger partial charge on any atom is -0.486 e. The van der Waals surface area contributed by atoms with Crippen LogP contribution >= 0.6 is 11.3 Å². The predicted molar refractivity (Wildman–Crippen MR) is 318 cm³/mol. The Labute approximate surface area is 497 Å². The number of aliphatic imine (C=N–C) groups is 1. The number of ether oxygens (including phenoxy) is 3. The number of likely N-dealkylation sites (tertiary alicyclic amines) is 1. The Morgan fingerprint density at radius 3 is 2.35 bits per heavy atom. The molecule has 11 rings (SSSR count). The fraction of sp³-hybridized carbons (Fsp3) is 0.365. The Morgan fingerprint density at radius 1 is 0.965 bits per heavy atom. The van der Waals surface area contributed by atoms with E-state index in [0.29, 0.717) is 35.5 Å². The van der Waals surface area contributed by atoms with Gasteiger partial charge in [-0.15, -0.1) is 16.4 Å². The van der Waals surface area contributed by atoms with E-state index in [4.69, 9.17) is 24.2 Å². The largest absolute Gasteiger partial charge is 0.486 e. The Morgan fingerprint density at radius 2 is 1.69 bits per heavy atom. The molecule has 7 atom stereocenters. The number of piperazine rings is 1. The molecular formula is C63H63F4N11O7S. The number of anilines is 1. The summed E-state index contributed by atoms with van der Waals surface area (Å²) in [6.45, 7) is 11.1. The highest BCUT2D eigenvalue weighted by atomic mass is 32.1. The molecule has 0 radical (unpaired) electrons. The maximum atomic E-state index is 16.0. The summed E-state index contributed by atoms with van der Waals surface area (Å²) in [6, 6.07) is 24.8. The number of carbonyl (C=O) groups is 2. The molecule has 18 nitrogen and oxygen atoms in total. The van der Waals surface area contributed by atoms with E-state index in [0.717, 1.165) is 53.0 Å². The maximum Gasteiger partial charge on any atom is 0.417 e. The number of rotatable bonds is 19. The molecule has 23 heteroatoms. The van der Waals surface area contributed by atoms with Crippen molar-refractivity contribution < 1.29 is 51.6 Å². The molecule has 3 aliphatic rings. The van der Waals surface area contributed by atoms with Gasteiger partial charge in [0.25, 0.3) is 0 Å². The van der Waals surface area contributed by atoms with Crippen molar-refractivity contribution >= 4 is 61.7 Å². The number of carbonyl (C=O) groups excluding carboxylic acids is 2. The summed E-state index contributed by atoms with van der Waals surface area (Å²) >= 11 is 0.792. The molecule has 3 aromatic heterocycles. The number of aryl methyl sites for hydroxylation is 1. The van der Waals surface area contributed by atoms with E-state index in [-0.39, 0.29) is 98.9 Å². The zero-order chi connectivity index (χ0) is 60.7. The Bertz CT molecular complexity index is 3900. The van der Waals surface area contributed by atoms with Crippen LogP contribution in [0.15, 0.2) is 102 Å². The first-order chi connectivity index (χ1) is 41.3. The minimum atomic E-state index is -5.04. The van der Waals surface area contributed by atoms with Crippen LogP contribution in [0.4, 0.5) is 28.4 Å². The van der Waals surface area contributed by atoms with Gasteiger partial charge in [-0.25, -0.2) is 9.07 Å². The average molecular weight is 1190 g/mol. The van der Waals surface area contributed by atoms with Gasteiger partial charge in [-0.2, -0.15) is 28.4 Å². The number of halogens is 4. The number of fused-ring (bicyclic) bond motifs is 4. The number of β-amino-alcohol motifs (C(OH)–C–C–N with tert-alkyl or cyclic N) is 1. The number of nitriles is 1. The van der Waals surface area contributed by atoms with Gasteiger partial charge in [0.05, 0.1) is 46.9 Å². The molecule has 2 amide bonds. The first-order valence-electron chi connectivity index (χ1n) is 28.3. The van der Waals surface area contributed by atoms with Gasteiger partial charge in [0.2, 0.25) is 11.8 Å². The molecule has 0 spiro atoms. The third-order valence-electron chi connectivity index (χ3n) is 16.3. The van der Waals surface area contributed by atoms with Crippen molar-refractivity contribution in [3.63, 3.8) is 0 Å². The highest BCUT2D eigenvalue weighted by Gasteiger charge is 2.44. The number of hydrogen-bond acceptors (Lipinski definition) is 16. The smallest absolute Gasteiger partial charge is 0.417 e. The molecule has 446 valence electrons. The quantitative estimate of drug-likeness (QED) is 0.0437. The van der Waals surface area contributed by atoms with Crippen molar-refractivity contribution in [2.24, 2.45) is 10.9 Å². The molecule has 6 heterocycles. The maximum absolute atomic E-state index is 16.0. The van der Waals surface area contributed by atoms with Gasteiger partial charge in [-0.3, -0.25) is 14.6 Å². The third-order valence-corrected chi connectivity index (χ3v) is 17.4. The van der Waals surface area contributed by atoms with E-state index in [1.807, 2.05) is 80.3 Å². The molecule has 3 fully saturated rings. The van der Waals surface area contributed by atoms with Crippen molar-refractivity contribution in [2.75, 3.05) is 44.9 Å². The molecular weight excluding hydrogens is 1130 g/mol. The molecule has 2 unspecified atom stereocenters. The van der Waals surface area contributed by atoms with E-state index in [2.05, 4.69) is 32.7 Å². The summed E-state index contributed by atoms with van der Waals surface area (Å²) < 4.78 is 83.4. The van der Waals surface area contributed by atoms with Crippen molar-refractivity contribution in [2.45, 2.75) is 102 Å². The highest BCUT2D eigenvalue weighted by molar-refractivity contribution is 7.23. The van der Waals surface area contributed by atoms with E-state index >= 15 is 17.6 Å². The summed E-state index contributed by atoms with van der Waals surface area (Å²) in [5, 5.41) is 47.0. The number of benzene rings is 5.